The predicted octanol–water partition coefficient (Wildman–Crippen LogP) is 0.583. The quantitative estimate of drug-likeness (QED) is 0.485. The SMILES string of the molecule is F[NH+](F)C1CCCC1. The van der Waals surface area contributed by atoms with Crippen molar-refractivity contribution in [2.45, 2.75) is 31.7 Å². The molecule has 0 aliphatic heterocycles. The second-order valence-electron chi connectivity index (χ2n) is 2.27. The molecule has 1 fully saturated rings. The van der Waals surface area contributed by atoms with E-state index in [4.69, 9.17) is 0 Å². The van der Waals surface area contributed by atoms with Gasteiger partial charge in [0, 0.05) is 27.1 Å². The number of hydrogen-bond donors (Lipinski definition) is 1. The molecule has 1 aliphatic rings. The lowest BCUT2D eigenvalue weighted by atomic mass is 10.3. The molecule has 0 heterocycles. The highest BCUT2D eigenvalue weighted by molar-refractivity contribution is 4.62. The normalized spacial score (nSPS) is 22.9. The van der Waals surface area contributed by atoms with Gasteiger partial charge < -0.3 is 0 Å². The Morgan fingerprint density at radius 3 is 1.88 bits per heavy atom. The lowest BCUT2D eigenvalue weighted by Crippen LogP contribution is -3.01. The fourth-order valence-electron chi connectivity index (χ4n) is 1.14. The van der Waals surface area contributed by atoms with E-state index in [9.17, 15) is 8.96 Å². The van der Waals surface area contributed by atoms with Crippen LogP contribution >= 0.6 is 0 Å². The molecule has 1 saturated carbocycles. The number of hydrogen-bond acceptors (Lipinski definition) is 0. The van der Waals surface area contributed by atoms with Crippen molar-refractivity contribution >= 4 is 0 Å². The molecule has 8 heavy (non-hydrogen) atoms. The first-order chi connectivity index (χ1) is 3.80. The molecular weight excluding hydrogens is 112 g/mol. The summed E-state index contributed by atoms with van der Waals surface area (Å²) in [6.07, 6.45) is 3.40. The van der Waals surface area contributed by atoms with Crippen molar-refractivity contribution in [3.63, 3.8) is 0 Å². The van der Waals surface area contributed by atoms with Gasteiger partial charge in [-0.2, -0.15) is 0 Å². The second-order valence-corrected chi connectivity index (χ2v) is 2.27. The van der Waals surface area contributed by atoms with Gasteiger partial charge in [0.1, 0.15) is 0 Å². The molecule has 0 radical (unpaired) electrons. The zero-order chi connectivity index (χ0) is 5.98. The van der Waals surface area contributed by atoms with Gasteiger partial charge in [-0.15, -0.1) is 0 Å². The van der Waals surface area contributed by atoms with Crippen molar-refractivity contribution in [2.75, 3.05) is 0 Å². The molecule has 0 atom stereocenters. The molecule has 0 aromatic heterocycles. The summed E-state index contributed by atoms with van der Waals surface area (Å²) in [4.78, 5) is 0. The first-order valence-electron chi connectivity index (χ1n) is 2.98. The molecule has 1 nitrogen and oxygen atoms in total. The Hall–Kier alpha value is -0.180. The van der Waals surface area contributed by atoms with E-state index in [0.29, 0.717) is 12.8 Å². The van der Waals surface area contributed by atoms with Gasteiger partial charge in [-0.1, -0.05) is 0 Å². The lowest BCUT2D eigenvalue weighted by molar-refractivity contribution is -1.18. The van der Waals surface area contributed by atoms with Crippen LogP contribution in [0, 0.1) is 0 Å². The van der Waals surface area contributed by atoms with Crippen molar-refractivity contribution in [1.29, 1.82) is 0 Å². The van der Waals surface area contributed by atoms with Crippen LogP contribution in [0.25, 0.3) is 0 Å². The summed E-state index contributed by atoms with van der Waals surface area (Å²) in [6, 6.07) is -0.352. The van der Waals surface area contributed by atoms with Crippen LogP contribution in [0.5, 0.6) is 0 Å². The van der Waals surface area contributed by atoms with Crippen LogP contribution in [-0.4, -0.2) is 6.04 Å². The summed E-state index contributed by atoms with van der Waals surface area (Å²) < 4.78 is 23.3. The summed E-state index contributed by atoms with van der Waals surface area (Å²) in [6.45, 7) is 0. The standard InChI is InChI=1S/C5H9F2N/c6-8(7)5-3-1-2-4-5/h5H,1-4H2/p+1. The van der Waals surface area contributed by atoms with Crippen LogP contribution in [0.2, 0.25) is 0 Å². The second kappa shape index (κ2) is 2.40. The average Bonchev–Trinajstić information content (AvgIpc) is 2.12. The Morgan fingerprint density at radius 2 is 1.62 bits per heavy atom. The Morgan fingerprint density at radius 1 is 1.12 bits per heavy atom. The third-order valence-electron chi connectivity index (χ3n) is 1.66. The summed E-state index contributed by atoms with van der Waals surface area (Å²) in [5.74, 6) is 0. The van der Waals surface area contributed by atoms with Crippen molar-refractivity contribution < 1.29 is 14.3 Å². The van der Waals surface area contributed by atoms with Crippen molar-refractivity contribution in [1.82, 2.24) is 0 Å². The minimum Gasteiger partial charge on any atom is -0.0472 e. The van der Waals surface area contributed by atoms with Gasteiger partial charge in [0.05, 0.1) is 0 Å². The Kier molecular flexibility index (Phi) is 1.78. The number of halogens is 2. The minimum atomic E-state index is -1.36. The average molecular weight is 122 g/mol. The van der Waals surface area contributed by atoms with E-state index in [1.54, 1.807) is 0 Å². The summed E-state index contributed by atoms with van der Waals surface area (Å²) in [5, 5.41) is -1.36. The predicted molar refractivity (Wildman–Crippen MR) is 25.4 cm³/mol. The largest absolute Gasteiger partial charge is 0.163 e. The fraction of sp³-hybridized carbons (Fsp3) is 1.00. The van der Waals surface area contributed by atoms with E-state index in [-0.39, 0.29) is 6.04 Å². The van der Waals surface area contributed by atoms with Crippen molar-refractivity contribution in [3.8, 4) is 0 Å². The molecule has 0 aromatic rings. The fourth-order valence-corrected chi connectivity index (χ4v) is 1.14. The maximum Gasteiger partial charge on any atom is 0.163 e. The highest BCUT2D eigenvalue weighted by Crippen LogP contribution is 2.15. The Balaban J connectivity index is 2.24. The van der Waals surface area contributed by atoms with Crippen molar-refractivity contribution in [3.05, 3.63) is 0 Å². The number of quaternary nitrogens is 1. The summed E-state index contributed by atoms with van der Waals surface area (Å²) in [5.41, 5.74) is 0. The van der Waals surface area contributed by atoms with E-state index < -0.39 is 5.34 Å². The molecule has 0 amide bonds. The van der Waals surface area contributed by atoms with E-state index >= 15 is 0 Å². The van der Waals surface area contributed by atoms with Crippen LogP contribution in [0.15, 0.2) is 0 Å². The maximum atomic E-state index is 11.7. The van der Waals surface area contributed by atoms with Gasteiger partial charge in [-0.3, -0.25) is 0 Å². The van der Waals surface area contributed by atoms with E-state index in [2.05, 4.69) is 0 Å². The summed E-state index contributed by atoms with van der Waals surface area (Å²) in [7, 11) is 0. The summed E-state index contributed by atoms with van der Waals surface area (Å²) >= 11 is 0. The molecule has 0 aromatic carbocycles. The first-order valence-corrected chi connectivity index (χ1v) is 2.98. The van der Waals surface area contributed by atoms with Gasteiger partial charge >= 0.3 is 0 Å². The van der Waals surface area contributed by atoms with Crippen LogP contribution in [0.1, 0.15) is 25.7 Å². The van der Waals surface area contributed by atoms with Crippen LogP contribution in [-0.2, 0) is 0 Å². The van der Waals surface area contributed by atoms with E-state index in [0.717, 1.165) is 12.8 Å². The highest BCUT2D eigenvalue weighted by Gasteiger charge is 2.27. The first kappa shape index (κ1) is 5.95. The Bertz CT molecular complexity index is 68.8. The van der Waals surface area contributed by atoms with Crippen molar-refractivity contribution in [2.24, 2.45) is 0 Å². The molecule has 1 N–H and O–H groups in total. The van der Waals surface area contributed by atoms with Gasteiger partial charge in [-0.05, 0) is 12.8 Å². The zero-order valence-electron chi connectivity index (χ0n) is 4.66. The Labute approximate surface area is 47.2 Å². The number of rotatable bonds is 1. The molecule has 0 spiro atoms. The third kappa shape index (κ3) is 1.15. The van der Waals surface area contributed by atoms with E-state index in [1.807, 2.05) is 0 Å². The van der Waals surface area contributed by atoms with Gasteiger partial charge in [0.15, 0.2) is 6.04 Å². The smallest absolute Gasteiger partial charge is 0.0472 e. The van der Waals surface area contributed by atoms with Crippen LogP contribution in [0.4, 0.5) is 8.96 Å². The topological polar surface area (TPSA) is 4.44 Å². The minimum absolute atomic E-state index is 0.352. The highest BCUT2D eigenvalue weighted by atomic mass is 19.4. The van der Waals surface area contributed by atoms with Crippen LogP contribution in [0.3, 0.4) is 0 Å². The monoisotopic (exact) mass is 122 g/mol. The van der Waals surface area contributed by atoms with Gasteiger partial charge in [0.2, 0.25) is 0 Å². The lowest BCUT2D eigenvalue weighted by Gasteiger charge is -1.99. The number of nitrogens with one attached hydrogen (secondary N) is 1. The van der Waals surface area contributed by atoms with Gasteiger partial charge in [-0.25, -0.2) is 0 Å². The molecule has 3 heteroatoms. The molecule has 1 aliphatic carbocycles. The molecule has 48 valence electrons. The van der Waals surface area contributed by atoms with Crippen LogP contribution < -0.4 is 5.34 Å². The molecule has 1 rings (SSSR count). The maximum absolute atomic E-state index is 11.7. The molecular formula is C5H10F2N+. The zero-order valence-corrected chi connectivity index (χ0v) is 4.66. The molecule has 0 bridgehead atoms. The third-order valence-corrected chi connectivity index (χ3v) is 1.66. The molecule has 0 saturated heterocycles. The van der Waals surface area contributed by atoms with Gasteiger partial charge in [0.25, 0.3) is 0 Å². The van der Waals surface area contributed by atoms with E-state index in [1.165, 1.54) is 0 Å². The molecule has 0 unspecified atom stereocenters.